The largest absolute Gasteiger partial charge is 0.466 e. The summed E-state index contributed by atoms with van der Waals surface area (Å²) in [7, 11) is 1.23. The molecule has 0 radical (unpaired) electrons. The molecule has 2 saturated heterocycles. The standard InChI is InChI=1S/C20H23FN4O3S/c1-13-4-3-7-25(11-13)12-15-6-5-14(8-16(15)21)10-22-24-20-23-19(27)17(29-20)9-18(26)28-2/h5-6,8-10,13H,3-4,7,11-12H2,1-2H3,(H,23,24,27)/b17-9+,22-10?. The van der Waals surface area contributed by atoms with E-state index in [0.717, 1.165) is 37.3 Å². The van der Waals surface area contributed by atoms with Gasteiger partial charge in [-0.2, -0.15) is 5.10 Å². The van der Waals surface area contributed by atoms with E-state index in [0.29, 0.717) is 23.6 Å². The van der Waals surface area contributed by atoms with Crippen LogP contribution in [-0.2, 0) is 20.9 Å². The third-order valence-electron chi connectivity index (χ3n) is 4.67. The van der Waals surface area contributed by atoms with Gasteiger partial charge >= 0.3 is 5.97 Å². The van der Waals surface area contributed by atoms with Gasteiger partial charge < -0.3 is 4.74 Å². The molecule has 0 aliphatic carbocycles. The second-order valence-electron chi connectivity index (χ2n) is 7.07. The van der Waals surface area contributed by atoms with E-state index in [4.69, 9.17) is 0 Å². The van der Waals surface area contributed by atoms with Crippen LogP contribution in [0.15, 0.2) is 39.4 Å². The van der Waals surface area contributed by atoms with E-state index < -0.39 is 11.9 Å². The monoisotopic (exact) mass is 418 g/mol. The number of piperidine rings is 1. The predicted molar refractivity (Wildman–Crippen MR) is 111 cm³/mol. The first-order valence-electron chi connectivity index (χ1n) is 9.35. The zero-order valence-corrected chi connectivity index (χ0v) is 17.2. The molecule has 0 aromatic heterocycles. The highest BCUT2D eigenvalue weighted by Crippen LogP contribution is 2.23. The molecule has 2 aliphatic rings. The zero-order valence-electron chi connectivity index (χ0n) is 16.4. The fourth-order valence-electron chi connectivity index (χ4n) is 3.23. The maximum Gasteiger partial charge on any atom is 0.331 e. The summed E-state index contributed by atoms with van der Waals surface area (Å²) in [6, 6.07) is 4.99. The van der Waals surface area contributed by atoms with Crippen LogP contribution in [0, 0.1) is 11.7 Å². The van der Waals surface area contributed by atoms with Gasteiger partial charge in [-0.05, 0) is 48.7 Å². The topological polar surface area (TPSA) is 83.4 Å². The quantitative estimate of drug-likeness (QED) is 0.344. The SMILES string of the molecule is COC(=O)/C=C1/S/C(=N\N=Cc2ccc(CN3CCCC(C)C3)c(F)c2)NC1=O. The Morgan fingerprint density at radius 2 is 2.31 bits per heavy atom. The Labute approximate surface area is 173 Å². The summed E-state index contributed by atoms with van der Waals surface area (Å²) in [5.74, 6) is -0.695. The van der Waals surface area contributed by atoms with Crippen molar-refractivity contribution in [2.24, 2.45) is 16.1 Å². The van der Waals surface area contributed by atoms with Gasteiger partial charge in [-0.1, -0.05) is 19.1 Å². The van der Waals surface area contributed by atoms with Gasteiger partial charge in [0, 0.05) is 24.7 Å². The molecular weight excluding hydrogens is 395 g/mol. The molecular formula is C20H23FN4O3S. The Balaban J connectivity index is 1.60. The van der Waals surface area contributed by atoms with Crippen LogP contribution in [0.25, 0.3) is 0 Å². The van der Waals surface area contributed by atoms with Gasteiger partial charge in [0.05, 0.1) is 18.2 Å². The van der Waals surface area contributed by atoms with Crippen LogP contribution in [0.1, 0.15) is 30.9 Å². The summed E-state index contributed by atoms with van der Waals surface area (Å²) in [4.78, 5) is 25.4. The van der Waals surface area contributed by atoms with Gasteiger partial charge in [-0.15, -0.1) is 5.10 Å². The van der Waals surface area contributed by atoms with Crippen LogP contribution in [0.3, 0.4) is 0 Å². The molecule has 0 bridgehead atoms. The van der Waals surface area contributed by atoms with Crippen LogP contribution in [0.4, 0.5) is 4.39 Å². The lowest BCUT2D eigenvalue weighted by Gasteiger charge is -2.30. The molecule has 3 rings (SSSR count). The first-order valence-corrected chi connectivity index (χ1v) is 10.2. The summed E-state index contributed by atoms with van der Waals surface area (Å²) in [6.45, 7) is 4.83. The van der Waals surface area contributed by atoms with Crippen LogP contribution in [-0.4, -0.2) is 48.4 Å². The predicted octanol–water partition coefficient (Wildman–Crippen LogP) is 2.67. The number of hydrogen-bond donors (Lipinski definition) is 1. The van der Waals surface area contributed by atoms with Crippen molar-refractivity contribution >= 4 is 35.0 Å². The van der Waals surface area contributed by atoms with Gasteiger partial charge in [-0.25, -0.2) is 9.18 Å². The smallest absolute Gasteiger partial charge is 0.331 e. The molecule has 9 heteroatoms. The molecule has 1 atom stereocenters. The molecule has 1 aromatic carbocycles. The Morgan fingerprint density at radius 3 is 3.03 bits per heavy atom. The van der Waals surface area contributed by atoms with E-state index in [2.05, 4.69) is 32.1 Å². The van der Waals surface area contributed by atoms with Crippen molar-refractivity contribution in [2.75, 3.05) is 20.2 Å². The summed E-state index contributed by atoms with van der Waals surface area (Å²) in [6.07, 6.45) is 4.88. The minimum atomic E-state index is -0.623. The highest BCUT2D eigenvalue weighted by molar-refractivity contribution is 8.18. The number of carbonyl (C=O) groups excluding carboxylic acids is 2. The lowest BCUT2D eigenvalue weighted by Crippen LogP contribution is -2.33. The Hall–Kier alpha value is -2.52. The van der Waals surface area contributed by atoms with Crippen molar-refractivity contribution in [3.05, 3.63) is 46.1 Å². The van der Waals surface area contributed by atoms with E-state index in [1.807, 2.05) is 0 Å². The molecule has 1 aromatic rings. The third-order valence-corrected chi connectivity index (χ3v) is 5.57. The average molecular weight is 418 g/mol. The molecule has 2 aliphatic heterocycles. The molecule has 154 valence electrons. The van der Waals surface area contributed by atoms with Gasteiger partial charge in [0.25, 0.3) is 5.91 Å². The second kappa shape index (κ2) is 9.80. The number of ether oxygens (including phenoxy) is 1. The van der Waals surface area contributed by atoms with Crippen molar-refractivity contribution in [1.82, 2.24) is 10.2 Å². The number of amides is 1. The molecule has 0 spiro atoms. The van der Waals surface area contributed by atoms with Crippen molar-refractivity contribution < 1.29 is 18.7 Å². The number of methoxy groups -OCH3 is 1. The van der Waals surface area contributed by atoms with E-state index in [-0.39, 0.29) is 15.9 Å². The number of esters is 1. The zero-order chi connectivity index (χ0) is 20.8. The molecule has 29 heavy (non-hydrogen) atoms. The number of thioether (sulfide) groups is 1. The van der Waals surface area contributed by atoms with Crippen LogP contribution in [0.5, 0.6) is 0 Å². The summed E-state index contributed by atoms with van der Waals surface area (Å²) < 4.78 is 18.9. The maximum absolute atomic E-state index is 14.5. The van der Waals surface area contributed by atoms with Gasteiger partial charge in [0.2, 0.25) is 0 Å². The fourth-order valence-corrected chi connectivity index (χ4v) is 3.97. The fraction of sp³-hybridized carbons (Fsp3) is 0.400. The molecule has 2 fully saturated rings. The van der Waals surface area contributed by atoms with E-state index in [1.54, 1.807) is 12.1 Å². The van der Waals surface area contributed by atoms with Crippen molar-refractivity contribution in [1.29, 1.82) is 0 Å². The minimum Gasteiger partial charge on any atom is -0.466 e. The number of amidine groups is 1. The lowest BCUT2D eigenvalue weighted by atomic mass is 9.99. The molecule has 0 saturated carbocycles. The van der Waals surface area contributed by atoms with Crippen LogP contribution in [0.2, 0.25) is 0 Å². The van der Waals surface area contributed by atoms with E-state index in [9.17, 15) is 14.0 Å². The van der Waals surface area contributed by atoms with Gasteiger partial charge in [-0.3, -0.25) is 15.0 Å². The van der Waals surface area contributed by atoms with E-state index in [1.165, 1.54) is 25.8 Å². The first-order chi connectivity index (χ1) is 13.9. The normalized spacial score (nSPS) is 23.1. The number of rotatable bonds is 5. The van der Waals surface area contributed by atoms with Crippen LogP contribution < -0.4 is 5.32 Å². The van der Waals surface area contributed by atoms with Gasteiger partial charge in [0.1, 0.15) is 5.82 Å². The number of likely N-dealkylation sites (tertiary alicyclic amines) is 1. The number of benzene rings is 1. The average Bonchev–Trinajstić information content (AvgIpc) is 3.03. The molecule has 7 nitrogen and oxygen atoms in total. The maximum atomic E-state index is 14.5. The summed E-state index contributed by atoms with van der Waals surface area (Å²) >= 11 is 0.979. The second-order valence-corrected chi connectivity index (χ2v) is 8.10. The van der Waals surface area contributed by atoms with Crippen molar-refractivity contribution in [3.63, 3.8) is 0 Å². The molecule has 1 amide bonds. The molecule has 2 heterocycles. The molecule has 1 N–H and O–H groups in total. The Kier molecular flexibility index (Phi) is 7.16. The minimum absolute atomic E-state index is 0.174. The summed E-state index contributed by atoms with van der Waals surface area (Å²) in [5, 5.41) is 10.5. The van der Waals surface area contributed by atoms with E-state index >= 15 is 0 Å². The van der Waals surface area contributed by atoms with Crippen LogP contribution >= 0.6 is 11.8 Å². The van der Waals surface area contributed by atoms with Crippen molar-refractivity contribution in [3.8, 4) is 0 Å². The number of nitrogens with one attached hydrogen (secondary N) is 1. The number of halogens is 1. The highest BCUT2D eigenvalue weighted by Gasteiger charge is 2.25. The molecule has 1 unspecified atom stereocenters. The first kappa shape index (κ1) is 21.2. The van der Waals surface area contributed by atoms with Gasteiger partial charge in [0.15, 0.2) is 5.17 Å². The van der Waals surface area contributed by atoms with Crippen molar-refractivity contribution in [2.45, 2.75) is 26.3 Å². The third kappa shape index (κ3) is 5.98. The highest BCUT2D eigenvalue weighted by atomic mass is 32.2. The number of nitrogens with zero attached hydrogens (tertiary/aromatic N) is 3. The Bertz CT molecular complexity index is 884. The number of carbonyl (C=O) groups is 2. The lowest BCUT2D eigenvalue weighted by molar-refractivity contribution is -0.135. The number of hydrogen-bond acceptors (Lipinski definition) is 7. The Morgan fingerprint density at radius 1 is 1.48 bits per heavy atom. The summed E-state index contributed by atoms with van der Waals surface area (Å²) in [5.41, 5.74) is 1.24.